The van der Waals surface area contributed by atoms with E-state index < -0.39 is 15.8 Å². The van der Waals surface area contributed by atoms with Crippen molar-refractivity contribution in [2.75, 3.05) is 18.9 Å². The molecule has 7 heteroatoms. The summed E-state index contributed by atoms with van der Waals surface area (Å²) >= 11 is 0. The Morgan fingerprint density at radius 3 is 2.29 bits per heavy atom. The van der Waals surface area contributed by atoms with E-state index in [4.69, 9.17) is 9.47 Å². The second kappa shape index (κ2) is 6.01. The van der Waals surface area contributed by atoms with Gasteiger partial charge in [-0.2, -0.15) is 0 Å². The number of para-hydroxylation sites is 1. The minimum atomic E-state index is -3.92. The first-order chi connectivity index (χ1) is 9.97. The highest BCUT2D eigenvalue weighted by Gasteiger charge is 2.18. The minimum Gasteiger partial charge on any atom is -0.493 e. The molecule has 0 radical (unpaired) electrons. The molecule has 0 saturated heterocycles. The molecule has 0 heterocycles. The summed E-state index contributed by atoms with van der Waals surface area (Å²) < 4.78 is 50.3. The van der Waals surface area contributed by atoms with Crippen LogP contribution in [0.5, 0.6) is 11.5 Å². The van der Waals surface area contributed by atoms with Gasteiger partial charge in [0.25, 0.3) is 10.0 Å². The number of methoxy groups -OCH3 is 2. The predicted molar refractivity (Wildman–Crippen MR) is 76.8 cm³/mol. The van der Waals surface area contributed by atoms with Crippen molar-refractivity contribution in [2.24, 2.45) is 0 Å². The monoisotopic (exact) mass is 311 g/mol. The van der Waals surface area contributed by atoms with Crippen molar-refractivity contribution in [3.63, 3.8) is 0 Å². The molecule has 0 unspecified atom stereocenters. The first-order valence-electron chi connectivity index (χ1n) is 5.97. The summed E-state index contributed by atoms with van der Waals surface area (Å²) in [5.74, 6) is 0.0257. The van der Waals surface area contributed by atoms with Gasteiger partial charge in [0, 0.05) is 6.07 Å². The third-order valence-electron chi connectivity index (χ3n) is 2.78. The number of halogens is 1. The SMILES string of the molecule is COc1ccc(S(=O)(=O)Nc2ccccc2F)cc1OC. The maximum Gasteiger partial charge on any atom is 0.262 e. The van der Waals surface area contributed by atoms with Crippen molar-refractivity contribution in [2.45, 2.75) is 4.90 Å². The van der Waals surface area contributed by atoms with E-state index >= 15 is 0 Å². The summed E-state index contributed by atoms with van der Waals surface area (Å²) in [6.45, 7) is 0. The van der Waals surface area contributed by atoms with Crippen LogP contribution < -0.4 is 14.2 Å². The summed E-state index contributed by atoms with van der Waals surface area (Å²) in [6.07, 6.45) is 0. The quantitative estimate of drug-likeness (QED) is 0.922. The van der Waals surface area contributed by atoms with Crippen LogP contribution in [0.2, 0.25) is 0 Å². The van der Waals surface area contributed by atoms with Crippen molar-refractivity contribution in [1.82, 2.24) is 0 Å². The zero-order chi connectivity index (χ0) is 15.5. The molecule has 0 aromatic heterocycles. The Labute approximate surface area is 122 Å². The van der Waals surface area contributed by atoms with Crippen LogP contribution in [-0.2, 0) is 10.0 Å². The standard InChI is InChI=1S/C14H14FNO4S/c1-19-13-8-7-10(9-14(13)20-2)21(17,18)16-12-6-4-3-5-11(12)15/h3-9,16H,1-2H3. The van der Waals surface area contributed by atoms with Gasteiger partial charge in [-0.15, -0.1) is 0 Å². The van der Waals surface area contributed by atoms with Gasteiger partial charge in [-0.05, 0) is 24.3 Å². The van der Waals surface area contributed by atoms with Crippen LogP contribution >= 0.6 is 0 Å². The van der Waals surface area contributed by atoms with E-state index in [1.165, 1.54) is 56.7 Å². The number of nitrogens with one attached hydrogen (secondary N) is 1. The summed E-state index contributed by atoms with van der Waals surface area (Å²) in [5, 5.41) is 0. The van der Waals surface area contributed by atoms with Crippen LogP contribution in [0.1, 0.15) is 0 Å². The molecule has 0 aliphatic carbocycles. The van der Waals surface area contributed by atoms with Crippen LogP contribution in [0.4, 0.5) is 10.1 Å². The Hall–Kier alpha value is -2.28. The first kappa shape index (κ1) is 15.1. The molecule has 2 aromatic rings. The summed E-state index contributed by atoms with van der Waals surface area (Å²) in [5.41, 5.74) is -0.118. The zero-order valence-corrected chi connectivity index (χ0v) is 12.3. The van der Waals surface area contributed by atoms with Gasteiger partial charge >= 0.3 is 0 Å². The number of rotatable bonds is 5. The number of hydrogen-bond acceptors (Lipinski definition) is 4. The molecule has 112 valence electrons. The summed E-state index contributed by atoms with van der Waals surface area (Å²) in [4.78, 5) is -0.0524. The lowest BCUT2D eigenvalue weighted by Gasteiger charge is -2.12. The average molecular weight is 311 g/mol. The van der Waals surface area contributed by atoms with E-state index in [0.29, 0.717) is 5.75 Å². The van der Waals surface area contributed by atoms with Crippen LogP contribution in [0.3, 0.4) is 0 Å². The van der Waals surface area contributed by atoms with Gasteiger partial charge < -0.3 is 9.47 Å². The highest BCUT2D eigenvalue weighted by atomic mass is 32.2. The molecule has 0 spiro atoms. The van der Waals surface area contributed by atoms with E-state index in [2.05, 4.69) is 4.72 Å². The van der Waals surface area contributed by atoms with Crippen molar-refractivity contribution in [3.05, 3.63) is 48.3 Å². The molecular weight excluding hydrogens is 297 g/mol. The van der Waals surface area contributed by atoms with Crippen LogP contribution in [0, 0.1) is 5.82 Å². The molecule has 0 atom stereocenters. The van der Waals surface area contributed by atoms with Crippen LogP contribution in [0.25, 0.3) is 0 Å². The lowest BCUT2D eigenvalue weighted by atomic mass is 10.3. The molecular formula is C14H14FNO4S. The van der Waals surface area contributed by atoms with Gasteiger partial charge in [0.2, 0.25) is 0 Å². The third kappa shape index (κ3) is 3.25. The van der Waals surface area contributed by atoms with Gasteiger partial charge in [0.15, 0.2) is 11.5 Å². The highest BCUT2D eigenvalue weighted by Crippen LogP contribution is 2.30. The summed E-state index contributed by atoms with van der Waals surface area (Å²) in [6, 6.07) is 9.65. The molecule has 0 amide bonds. The van der Waals surface area contributed by atoms with Crippen LogP contribution in [-0.4, -0.2) is 22.6 Å². The second-order valence-corrected chi connectivity index (χ2v) is 5.78. The Balaban J connectivity index is 2.38. The van der Waals surface area contributed by atoms with E-state index in [1.807, 2.05) is 0 Å². The molecule has 0 aliphatic rings. The molecule has 0 saturated carbocycles. The van der Waals surface area contributed by atoms with E-state index in [-0.39, 0.29) is 16.3 Å². The van der Waals surface area contributed by atoms with Gasteiger partial charge in [-0.3, -0.25) is 4.72 Å². The van der Waals surface area contributed by atoms with E-state index in [9.17, 15) is 12.8 Å². The number of ether oxygens (including phenoxy) is 2. The third-order valence-corrected chi connectivity index (χ3v) is 4.15. The van der Waals surface area contributed by atoms with Crippen molar-refractivity contribution in [1.29, 1.82) is 0 Å². The Morgan fingerprint density at radius 1 is 1.00 bits per heavy atom. The second-order valence-electron chi connectivity index (χ2n) is 4.10. The Bertz CT molecular complexity index is 746. The fourth-order valence-corrected chi connectivity index (χ4v) is 2.81. The smallest absolute Gasteiger partial charge is 0.262 e. The fourth-order valence-electron chi connectivity index (χ4n) is 1.73. The number of anilines is 1. The lowest BCUT2D eigenvalue weighted by Crippen LogP contribution is -2.14. The molecule has 2 aromatic carbocycles. The maximum atomic E-state index is 13.5. The number of benzene rings is 2. The molecule has 0 aliphatic heterocycles. The molecule has 5 nitrogen and oxygen atoms in total. The van der Waals surface area contributed by atoms with Crippen molar-refractivity contribution in [3.8, 4) is 11.5 Å². The molecule has 0 bridgehead atoms. The largest absolute Gasteiger partial charge is 0.493 e. The maximum absolute atomic E-state index is 13.5. The Morgan fingerprint density at radius 2 is 1.67 bits per heavy atom. The fraction of sp³-hybridized carbons (Fsp3) is 0.143. The van der Waals surface area contributed by atoms with Crippen molar-refractivity contribution < 1.29 is 22.3 Å². The molecule has 0 fully saturated rings. The topological polar surface area (TPSA) is 64.6 Å². The van der Waals surface area contributed by atoms with Gasteiger partial charge in [0.1, 0.15) is 5.82 Å². The van der Waals surface area contributed by atoms with Gasteiger partial charge in [-0.25, -0.2) is 12.8 Å². The zero-order valence-electron chi connectivity index (χ0n) is 11.5. The highest BCUT2D eigenvalue weighted by molar-refractivity contribution is 7.92. The lowest BCUT2D eigenvalue weighted by molar-refractivity contribution is 0.354. The first-order valence-corrected chi connectivity index (χ1v) is 7.45. The van der Waals surface area contributed by atoms with E-state index in [0.717, 1.165) is 0 Å². The normalized spacial score (nSPS) is 11.0. The minimum absolute atomic E-state index is 0.0524. The van der Waals surface area contributed by atoms with Crippen molar-refractivity contribution >= 4 is 15.7 Å². The van der Waals surface area contributed by atoms with Gasteiger partial charge in [0.05, 0.1) is 24.8 Å². The predicted octanol–water partition coefficient (Wildman–Crippen LogP) is 2.64. The van der Waals surface area contributed by atoms with E-state index in [1.54, 1.807) is 0 Å². The number of hydrogen-bond donors (Lipinski definition) is 1. The Kier molecular flexibility index (Phi) is 4.32. The molecule has 21 heavy (non-hydrogen) atoms. The van der Waals surface area contributed by atoms with Crippen LogP contribution in [0.15, 0.2) is 47.4 Å². The number of sulfonamides is 1. The molecule has 1 N–H and O–H groups in total. The average Bonchev–Trinajstić information content (AvgIpc) is 2.48. The molecule has 2 rings (SSSR count). The summed E-state index contributed by atoms with van der Waals surface area (Å²) in [7, 11) is -1.07. The van der Waals surface area contributed by atoms with Gasteiger partial charge in [-0.1, -0.05) is 12.1 Å².